The zero-order valence-electron chi connectivity index (χ0n) is 30.8. The number of unbranched alkanes of at least 4 members (excludes halogenated alkanes) is 1. The molecule has 1 saturated carbocycles. The van der Waals surface area contributed by atoms with Gasteiger partial charge in [-0.3, -0.25) is 0 Å². The first-order valence-corrected chi connectivity index (χ1v) is 18.7. The minimum atomic E-state index is -0.429. The highest BCUT2D eigenvalue weighted by Crippen LogP contribution is 2.74. The molecule has 2 aromatic heterocycles. The van der Waals surface area contributed by atoms with Crippen LogP contribution in [-0.2, 0) is 36.3 Å². The molecule has 3 atom stereocenters. The van der Waals surface area contributed by atoms with Gasteiger partial charge in [0.05, 0.1) is 21.9 Å². The fraction of sp³-hybridized carbons (Fsp3) is 0.422. The molecule has 1 aliphatic heterocycles. The summed E-state index contributed by atoms with van der Waals surface area (Å²) in [5.41, 5.74) is 12.0. The van der Waals surface area contributed by atoms with E-state index < -0.39 is 5.41 Å². The van der Waals surface area contributed by atoms with Crippen LogP contribution in [0.2, 0.25) is 0 Å². The lowest BCUT2D eigenvalue weighted by Crippen LogP contribution is -2.56. The van der Waals surface area contributed by atoms with Crippen LogP contribution < -0.4 is 14.0 Å². The predicted molar refractivity (Wildman–Crippen MR) is 200 cm³/mol. The Labute approximate surface area is 292 Å². The van der Waals surface area contributed by atoms with Crippen LogP contribution in [-0.4, -0.2) is 14.1 Å². The number of hydrogen-bond acceptors (Lipinski definition) is 1. The minimum absolute atomic E-state index is 0.0410. The normalized spacial score (nSPS) is 22.3. The minimum Gasteiger partial charge on any atom is -0.378 e. The van der Waals surface area contributed by atoms with E-state index in [1.54, 1.807) is 6.07 Å². The van der Waals surface area contributed by atoms with E-state index >= 15 is 4.39 Å². The van der Waals surface area contributed by atoms with Crippen molar-refractivity contribution in [2.24, 2.45) is 13.0 Å². The first-order valence-electron chi connectivity index (χ1n) is 18.7. The maximum Gasteiger partial charge on any atom is 0.221 e. The summed E-state index contributed by atoms with van der Waals surface area (Å²) in [6.07, 6.45) is 12.1. The summed E-state index contributed by atoms with van der Waals surface area (Å²) >= 11 is 0. The Kier molecular flexibility index (Phi) is 7.38. The zero-order chi connectivity index (χ0) is 34.5. The number of benzene rings is 3. The van der Waals surface area contributed by atoms with Crippen molar-refractivity contribution in [3.8, 4) is 22.5 Å². The van der Waals surface area contributed by atoms with Crippen LogP contribution >= 0.6 is 0 Å². The molecule has 4 heteroatoms. The largest absolute Gasteiger partial charge is 0.378 e. The molecule has 0 saturated heterocycles. The molecule has 0 radical (unpaired) electrons. The third kappa shape index (κ3) is 4.18. The van der Waals surface area contributed by atoms with E-state index in [-0.39, 0.29) is 16.8 Å². The highest BCUT2D eigenvalue weighted by Gasteiger charge is 2.84. The molecule has 3 aromatic carbocycles. The molecule has 0 bridgehead atoms. The standard InChI is InChI=1S/C45H52FN3/c1-9-12-15-29-26-31-23-25-49-42-39(31)35(27-29)43(4,5)41-36(46)21-20-34(40(41)42)44(10-2)38(45(44,49)11-3)22-18-30-17-19-32(47(6)7)28-33(30)37-16-13-14-24-48(37)8/h13-14,16-17,19-21,23-28,38H,9-12,15,18,22H2,1-8H3/q+2. The van der Waals surface area contributed by atoms with Gasteiger partial charge in [-0.25, -0.2) is 8.96 Å². The Morgan fingerprint density at radius 2 is 1.67 bits per heavy atom. The summed E-state index contributed by atoms with van der Waals surface area (Å²) in [7, 11) is 6.38. The summed E-state index contributed by atoms with van der Waals surface area (Å²) in [6, 6.07) is 24.7. The van der Waals surface area contributed by atoms with Crippen LogP contribution in [0.15, 0.2) is 79.1 Å². The van der Waals surface area contributed by atoms with E-state index in [9.17, 15) is 0 Å². The third-order valence-electron chi connectivity index (χ3n) is 13.1. The fourth-order valence-corrected chi connectivity index (χ4v) is 10.8. The van der Waals surface area contributed by atoms with Crippen molar-refractivity contribution in [2.75, 3.05) is 19.0 Å². The average Bonchev–Trinajstić information content (AvgIpc) is 3.71. The Balaban J connectivity index is 1.31. The van der Waals surface area contributed by atoms with Gasteiger partial charge >= 0.3 is 0 Å². The van der Waals surface area contributed by atoms with Crippen molar-refractivity contribution >= 4 is 16.5 Å². The predicted octanol–water partition coefficient (Wildman–Crippen LogP) is 9.50. The number of halogens is 1. The molecule has 0 spiro atoms. The Morgan fingerprint density at radius 3 is 2.39 bits per heavy atom. The lowest BCUT2D eigenvalue weighted by Gasteiger charge is -2.39. The highest BCUT2D eigenvalue weighted by molar-refractivity contribution is 6.02. The van der Waals surface area contributed by atoms with Crippen LogP contribution in [0.3, 0.4) is 0 Å². The molecule has 2 aliphatic carbocycles. The second-order valence-electron chi connectivity index (χ2n) is 15.8. The Morgan fingerprint density at radius 1 is 0.857 bits per heavy atom. The van der Waals surface area contributed by atoms with Gasteiger partial charge in [-0.2, -0.15) is 4.57 Å². The molecule has 8 rings (SSSR count). The van der Waals surface area contributed by atoms with Crippen molar-refractivity contribution in [1.29, 1.82) is 0 Å². The van der Waals surface area contributed by atoms with Gasteiger partial charge in [0.2, 0.25) is 11.4 Å². The molecule has 49 heavy (non-hydrogen) atoms. The van der Waals surface area contributed by atoms with Crippen LogP contribution in [0.25, 0.3) is 33.3 Å². The third-order valence-corrected chi connectivity index (χ3v) is 13.1. The number of rotatable bonds is 10. The molecular formula is C45H52FN3+2. The molecule has 0 N–H and O–H groups in total. The topological polar surface area (TPSA) is 11.0 Å². The molecule has 3 heterocycles. The average molecular weight is 654 g/mol. The molecule has 0 amide bonds. The number of aromatic nitrogens is 2. The quantitative estimate of drug-likeness (QED) is 0.137. The molecule has 3 unspecified atom stereocenters. The van der Waals surface area contributed by atoms with E-state index in [2.05, 4.69) is 143 Å². The lowest BCUT2D eigenvalue weighted by molar-refractivity contribution is -0.737. The first kappa shape index (κ1) is 32.2. The summed E-state index contributed by atoms with van der Waals surface area (Å²) in [5.74, 6) is 0.376. The highest BCUT2D eigenvalue weighted by atomic mass is 19.1. The second kappa shape index (κ2) is 11.2. The molecule has 5 aromatic rings. The van der Waals surface area contributed by atoms with Gasteiger partial charge in [0.25, 0.3) is 0 Å². The van der Waals surface area contributed by atoms with Gasteiger partial charge in [0, 0.05) is 61.3 Å². The monoisotopic (exact) mass is 653 g/mol. The summed E-state index contributed by atoms with van der Waals surface area (Å²) < 4.78 is 21.3. The van der Waals surface area contributed by atoms with Crippen molar-refractivity contribution in [3.63, 3.8) is 0 Å². The molecule has 3 aliphatic rings. The number of pyridine rings is 2. The van der Waals surface area contributed by atoms with E-state index in [0.29, 0.717) is 5.92 Å². The van der Waals surface area contributed by atoms with Gasteiger partial charge in [0.15, 0.2) is 17.9 Å². The molecule has 252 valence electrons. The number of hydrogen-bond donors (Lipinski definition) is 0. The second-order valence-corrected chi connectivity index (χ2v) is 15.8. The number of anilines is 1. The van der Waals surface area contributed by atoms with Gasteiger partial charge in [0.1, 0.15) is 12.9 Å². The maximum atomic E-state index is 16.4. The summed E-state index contributed by atoms with van der Waals surface area (Å²) in [6.45, 7) is 11.6. The van der Waals surface area contributed by atoms with Crippen LogP contribution in [0, 0.1) is 11.7 Å². The fourth-order valence-electron chi connectivity index (χ4n) is 10.8. The van der Waals surface area contributed by atoms with Crippen molar-refractivity contribution < 1.29 is 13.5 Å². The lowest BCUT2D eigenvalue weighted by atomic mass is 9.65. The molecule has 1 fully saturated rings. The van der Waals surface area contributed by atoms with Crippen molar-refractivity contribution in [2.45, 2.75) is 95.9 Å². The van der Waals surface area contributed by atoms with E-state index in [1.165, 1.54) is 74.1 Å². The van der Waals surface area contributed by atoms with Crippen LogP contribution in [0.5, 0.6) is 0 Å². The van der Waals surface area contributed by atoms with Crippen LogP contribution in [0.1, 0.15) is 94.5 Å². The van der Waals surface area contributed by atoms with Gasteiger partial charge < -0.3 is 4.90 Å². The molecule has 3 nitrogen and oxygen atoms in total. The maximum absolute atomic E-state index is 16.4. The zero-order valence-corrected chi connectivity index (χ0v) is 30.8. The number of fused-ring (bicyclic) bond motifs is 3. The summed E-state index contributed by atoms with van der Waals surface area (Å²) in [4.78, 5) is 2.19. The Hall–Kier alpha value is -4.05. The van der Waals surface area contributed by atoms with Gasteiger partial charge in [-0.15, -0.1) is 0 Å². The SMILES string of the molecule is CCCCc1cc2c3c4[n+](ccc3c1)C1(CC)C(CCc3ccc(N(C)C)cc3-c3cccc[n+]3C)C1(CC)c1ccc(F)c(c1-4)C2(C)C. The Bertz CT molecular complexity index is 2140. The van der Waals surface area contributed by atoms with Gasteiger partial charge in [-0.1, -0.05) is 65.3 Å². The van der Waals surface area contributed by atoms with E-state index in [0.717, 1.165) is 37.7 Å². The van der Waals surface area contributed by atoms with E-state index in [1.807, 2.05) is 0 Å². The number of nitrogens with zero attached hydrogens (tertiary/aromatic N) is 3. The van der Waals surface area contributed by atoms with Crippen molar-refractivity contribution in [3.05, 3.63) is 113 Å². The molecular weight excluding hydrogens is 602 g/mol. The number of aryl methyl sites for hydroxylation is 3. The van der Waals surface area contributed by atoms with Crippen LogP contribution in [0.4, 0.5) is 10.1 Å². The smallest absolute Gasteiger partial charge is 0.221 e. The van der Waals surface area contributed by atoms with E-state index in [4.69, 9.17) is 0 Å². The summed E-state index contributed by atoms with van der Waals surface area (Å²) in [5, 5.41) is 2.64. The first-order chi connectivity index (χ1) is 23.6. The van der Waals surface area contributed by atoms with Crippen molar-refractivity contribution in [1.82, 2.24) is 0 Å². The van der Waals surface area contributed by atoms with Gasteiger partial charge in [-0.05, 0) is 84.0 Å².